The van der Waals surface area contributed by atoms with E-state index in [0.29, 0.717) is 11.8 Å². The van der Waals surface area contributed by atoms with E-state index in [0.717, 1.165) is 32.4 Å². The van der Waals surface area contributed by atoms with E-state index in [2.05, 4.69) is 6.92 Å². The molecule has 0 radical (unpaired) electrons. The maximum atomic E-state index is 11.9. The normalized spacial score (nSPS) is 19.7. The fourth-order valence-corrected chi connectivity index (χ4v) is 2.32. The zero-order chi connectivity index (χ0) is 13.8. The highest BCUT2D eigenvalue weighted by molar-refractivity contribution is 5.68. The summed E-state index contributed by atoms with van der Waals surface area (Å²) in [4.78, 5) is 13.7. The third kappa shape index (κ3) is 5.25. The van der Waals surface area contributed by atoms with E-state index >= 15 is 0 Å². The van der Waals surface area contributed by atoms with Crippen LogP contribution in [0.3, 0.4) is 0 Å². The summed E-state index contributed by atoms with van der Waals surface area (Å²) < 4.78 is 5.36. The molecule has 1 heterocycles. The Bertz CT molecular complexity index is 265. The van der Waals surface area contributed by atoms with E-state index in [-0.39, 0.29) is 12.7 Å². The van der Waals surface area contributed by atoms with Gasteiger partial charge in [0.25, 0.3) is 0 Å². The summed E-state index contributed by atoms with van der Waals surface area (Å²) in [5, 5.41) is 9.05. The lowest BCUT2D eigenvalue weighted by molar-refractivity contribution is 0.0172. The van der Waals surface area contributed by atoms with Crippen molar-refractivity contribution < 1.29 is 14.6 Å². The van der Waals surface area contributed by atoms with Gasteiger partial charge in [0, 0.05) is 19.7 Å². The number of aliphatic hydroxyl groups excluding tert-OH is 1. The molecule has 1 amide bonds. The highest BCUT2D eigenvalue weighted by Crippen LogP contribution is 2.25. The van der Waals surface area contributed by atoms with E-state index in [1.807, 2.05) is 20.8 Å². The molecule has 1 saturated heterocycles. The van der Waals surface area contributed by atoms with Crippen molar-refractivity contribution in [2.24, 2.45) is 11.8 Å². The third-order valence-corrected chi connectivity index (χ3v) is 3.31. The van der Waals surface area contributed by atoms with E-state index in [1.54, 1.807) is 4.90 Å². The fraction of sp³-hybridized carbons (Fsp3) is 0.929. The van der Waals surface area contributed by atoms with Crippen molar-refractivity contribution >= 4 is 6.09 Å². The molecule has 1 atom stereocenters. The smallest absolute Gasteiger partial charge is 0.410 e. The number of carbonyl (C=O) groups is 1. The Hall–Kier alpha value is -0.770. The van der Waals surface area contributed by atoms with Crippen molar-refractivity contribution in [3.63, 3.8) is 0 Å². The van der Waals surface area contributed by atoms with Gasteiger partial charge in [-0.25, -0.2) is 4.79 Å². The van der Waals surface area contributed by atoms with Crippen LogP contribution in [0.1, 0.15) is 47.0 Å². The second-order valence-corrected chi connectivity index (χ2v) is 6.43. The largest absolute Gasteiger partial charge is 0.444 e. The third-order valence-electron chi connectivity index (χ3n) is 3.31. The molecule has 1 fully saturated rings. The molecule has 0 aromatic heterocycles. The van der Waals surface area contributed by atoms with Crippen LogP contribution < -0.4 is 0 Å². The first kappa shape index (κ1) is 15.3. The summed E-state index contributed by atoms with van der Waals surface area (Å²) in [6.45, 7) is 9.55. The van der Waals surface area contributed by atoms with E-state index < -0.39 is 5.60 Å². The molecule has 4 nitrogen and oxygen atoms in total. The van der Waals surface area contributed by atoms with Gasteiger partial charge >= 0.3 is 6.09 Å². The Labute approximate surface area is 110 Å². The minimum Gasteiger partial charge on any atom is -0.444 e. The Morgan fingerprint density at radius 3 is 2.39 bits per heavy atom. The lowest BCUT2D eigenvalue weighted by Gasteiger charge is -2.34. The van der Waals surface area contributed by atoms with Gasteiger partial charge in [-0.15, -0.1) is 0 Å². The summed E-state index contributed by atoms with van der Waals surface area (Å²) in [5.74, 6) is 0.994. The summed E-state index contributed by atoms with van der Waals surface area (Å²) >= 11 is 0. The molecular weight excluding hydrogens is 230 g/mol. The molecule has 0 aromatic rings. The molecule has 18 heavy (non-hydrogen) atoms. The zero-order valence-corrected chi connectivity index (χ0v) is 12.1. The van der Waals surface area contributed by atoms with Gasteiger partial charge in [0.15, 0.2) is 0 Å². The van der Waals surface area contributed by atoms with Gasteiger partial charge in [-0.3, -0.25) is 0 Å². The maximum absolute atomic E-state index is 11.9. The number of ether oxygens (including phenoxy) is 1. The summed E-state index contributed by atoms with van der Waals surface area (Å²) in [5.41, 5.74) is -0.417. The van der Waals surface area contributed by atoms with Gasteiger partial charge in [0.2, 0.25) is 0 Å². The minimum atomic E-state index is -0.417. The van der Waals surface area contributed by atoms with Crippen LogP contribution in [0.5, 0.6) is 0 Å². The Morgan fingerprint density at radius 1 is 1.39 bits per heavy atom. The second kappa shape index (κ2) is 6.41. The van der Waals surface area contributed by atoms with Crippen LogP contribution >= 0.6 is 0 Å². The van der Waals surface area contributed by atoms with Crippen molar-refractivity contribution in [2.45, 2.75) is 52.6 Å². The molecule has 0 aliphatic carbocycles. The van der Waals surface area contributed by atoms with Crippen molar-refractivity contribution in [3.05, 3.63) is 0 Å². The van der Waals surface area contributed by atoms with E-state index in [9.17, 15) is 4.79 Å². The van der Waals surface area contributed by atoms with Crippen LogP contribution in [-0.4, -0.2) is 41.4 Å². The average Bonchev–Trinajstić information content (AvgIpc) is 2.27. The Morgan fingerprint density at radius 2 is 1.94 bits per heavy atom. The molecule has 1 aliphatic rings. The van der Waals surface area contributed by atoms with Crippen LogP contribution in [0.15, 0.2) is 0 Å². The van der Waals surface area contributed by atoms with Gasteiger partial charge in [0.05, 0.1) is 0 Å². The summed E-state index contributed by atoms with van der Waals surface area (Å²) in [6, 6.07) is 0. The predicted octanol–water partition coefficient (Wildman–Crippen LogP) is 2.65. The van der Waals surface area contributed by atoms with Gasteiger partial charge in [-0.05, 0) is 51.9 Å². The first-order valence-corrected chi connectivity index (χ1v) is 6.90. The summed E-state index contributed by atoms with van der Waals surface area (Å²) in [6.07, 6.45) is 2.89. The Kier molecular flexibility index (Phi) is 5.45. The van der Waals surface area contributed by atoms with Gasteiger partial charge in [-0.1, -0.05) is 6.92 Å². The molecule has 106 valence electrons. The van der Waals surface area contributed by atoms with Crippen LogP contribution in [0.2, 0.25) is 0 Å². The molecule has 0 saturated carbocycles. The number of carbonyl (C=O) groups excluding carboxylic acids is 1. The zero-order valence-electron chi connectivity index (χ0n) is 12.1. The first-order chi connectivity index (χ1) is 8.31. The van der Waals surface area contributed by atoms with Gasteiger partial charge in [-0.2, -0.15) is 0 Å². The maximum Gasteiger partial charge on any atom is 0.410 e. The van der Waals surface area contributed by atoms with Crippen LogP contribution in [0, 0.1) is 11.8 Å². The molecular formula is C14H27NO3. The molecule has 0 bridgehead atoms. The standard InChI is InChI=1S/C14H27NO3/c1-11(10-16)9-12-5-7-15(8-6-12)13(17)18-14(2,3)4/h11-12,16H,5-10H2,1-4H3. The molecule has 1 aliphatic heterocycles. The van der Waals surface area contributed by atoms with Crippen molar-refractivity contribution in [3.8, 4) is 0 Å². The van der Waals surface area contributed by atoms with Crippen molar-refractivity contribution in [1.82, 2.24) is 4.90 Å². The number of hydrogen-bond donors (Lipinski definition) is 1. The summed E-state index contributed by atoms with van der Waals surface area (Å²) in [7, 11) is 0. The van der Waals surface area contributed by atoms with E-state index in [1.165, 1.54) is 0 Å². The number of piperidine rings is 1. The topological polar surface area (TPSA) is 49.8 Å². The molecule has 1 rings (SSSR count). The highest BCUT2D eigenvalue weighted by Gasteiger charge is 2.27. The monoisotopic (exact) mass is 257 g/mol. The lowest BCUT2D eigenvalue weighted by Crippen LogP contribution is -2.42. The molecule has 1 unspecified atom stereocenters. The predicted molar refractivity (Wildman–Crippen MR) is 71.4 cm³/mol. The second-order valence-electron chi connectivity index (χ2n) is 6.43. The average molecular weight is 257 g/mol. The van der Waals surface area contributed by atoms with Crippen LogP contribution in [-0.2, 0) is 4.74 Å². The fourth-order valence-electron chi connectivity index (χ4n) is 2.32. The first-order valence-electron chi connectivity index (χ1n) is 6.90. The van der Waals surface area contributed by atoms with Gasteiger partial charge < -0.3 is 14.7 Å². The number of amides is 1. The van der Waals surface area contributed by atoms with Gasteiger partial charge in [0.1, 0.15) is 5.60 Å². The van der Waals surface area contributed by atoms with Crippen molar-refractivity contribution in [1.29, 1.82) is 0 Å². The Balaban J connectivity index is 2.33. The minimum absolute atomic E-state index is 0.198. The highest BCUT2D eigenvalue weighted by atomic mass is 16.6. The van der Waals surface area contributed by atoms with Crippen molar-refractivity contribution in [2.75, 3.05) is 19.7 Å². The lowest BCUT2D eigenvalue weighted by atomic mass is 9.88. The SMILES string of the molecule is CC(CO)CC1CCN(C(=O)OC(C)(C)C)CC1. The van der Waals surface area contributed by atoms with Crippen LogP contribution in [0.25, 0.3) is 0 Å². The molecule has 4 heteroatoms. The number of aliphatic hydroxyl groups is 1. The van der Waals surface area contributed by atoms with E-state index in [4.69, 9.17) is 9.84 Å². The number of rotatable bonds is 3. The number of likely N-dealkylation sites (tertiary alicyclic amines) is 1. The number of nitrogens with zero attached hydrogens (tertiary/aromatic N) is 1. The quantitative estimate of drug-likeness (QED) is 0.845. The number of hydrogen-bond acceptors (Lipinski definition) is 3. The molecule has 1 N–H and O–H groups in total. The molecule has 0 spiro atoms. The molecule has 0 aromatic carbocycles. The van der Waals surface area contributed by atoms with Crippen LogP contribution in [0.4, 0.5) is 4.79 Å².